The molecule has 8 heteroatoms. The first-order chi connectivity index (χ1) is 9.21. The lowest BCUT2D eigenvalue weighted by Crippen LogP contribution is -2.30. The molecule has 0 amide bonds. The average Bonchev–Trinajstić information content (AvgIpc) is 2.25. The molecule has 0 aliphatic rings. The molecule has 0 saturated carbocycles. The summed E-state index contributed by atoms with van der Waals surface area (Å²) in [7, 11) is 1.63. The van der Waals surface area contributed by atoms with E-state index in [0.29, 0.717) is 24.4 Å². The van der Waals surface area contributed by atoms with E-state index in [1.54, 1.807) is 7.05 Å². The van der Waals surface area contributed by atoms with E-state index in [4.69, 9.17) is 5.11 Å². The number of carboxylic acid groups (broad SMARTS) is 1. The first-order valence-corrected chi connectivity index (χ1v) is 6.42. The molecule has 3 N–H and O–H groups in total. The number of anilines is 3. The van der Waals surface area contributed by atoms with Crippen LogP contribution >= 0.6 is 0 Å². The fraction of sp³-hybridized carbons (Fsp3) is 0.667. The standard InChI is InChI=1S/C12H22N6O2/c1-6-13-9-14-10(17-12(2,3)4)16-11(15-9)18(5)7-8(19)20/h6-7H2,1-5H3,(H,19,20)(H2,13,14,15,16,17). The molecule has 0 unspecified atom stereocenters. The molecule has 20 heavy (non-hydrogen) atoms. The van der Waals surface area contributed by atoms with E-state index < -0.39 is 5.97 Å². The highest BCUT2D eigenvalue weighted by Crippen LogP contribution is 2.15. The Labute approximate surface area is 118 Å². The molecule has 112 valence electrons. The monoisotopic (exact) mass is 282 g/mol. The number of carboxylic acids is 1. The van der Waals surface area contributed by atoms with Gasteiger partial charge in [0.1, 0.15) is 6.54 Å². The fourth-order valence-corrected chi connectivity index (χ4v) is 1.44. The molecule has 8 nitrogen and oxygen atoms in total. The zero-order valence-corrected chi connectivity index (χ0v) is 12.6. The number of hydrogen-bond acceptors (Lipinski definition) is 7. The minimum atomic E-state index is -0.941. The van der Waals surface area contributed by atoms with Crippen LogP contribution in [0.15, 0.2) is 0 Å². The normalized spacial score (nSPS) is 11.1. The van der Waals surface area contributed by atoms with Crippen molar-refractivity contribution in [1.82, 2.24) is 15.0 Å². The van der Waals surface area contributed by atoms with Crippen LogP contribution < -0.4 is 15.5 Å². The number of nitrogens with zero attached hydrogens (tertiary/aromatic N) is 4. The summed E-state index contributed by atoms with van der Waals surface area (Å²) >= 11 is 0. The molecule has 0 spiro atoms. The van der Waals surface area contributed by atoms with Crippen LogP contribution in [-0.2, 0) is 4.79 Å². The molecular weight excluding hydrogens is 260 g/mol. The summed E-state index contributed by atoms with van der Waals surface area (Å²) in [4.78, 5) is 24.9. The van der Waals surface area contributed by atoms with Gasteiger partial charge in [-0.05, 0) is 27.7 Å². The van der Waals surface area contributed by atoms with Gasteiger partial charge in [0.05, 0.1) is 0 Å². The quantitative estimate of drug-likeness (QED) is 0.711. The average molecular weight is 282 g/mol. The highest BCUT2D eigenvalue weighted by atomic mass is 16.4. The van der Waals surface area contributed by atoms with E-state index in [1.165, 1.54) is 4.90 Å². The molecule has 1 aromatic heterocycles. The summed E-state index contributed by atoms with van der Waals surface area (Å²) < 4.78 is 0. The molecule has 0 aromatic carbocycles. The molecule has 0 fully saturated rings. The van der Waals surface area contributed by atoms with Crippen LogP contribution in [0, 0.1) is 0 Å². The van der Waals surface area contributed by atoms with Crippen molar-refractivity contribution in [2.24, 2.45) is 0 Å². The predicted molar refractivity (Wildman–Crippen MR) is 78.3 cm³/mol. The fourth-order valence-electron chi connectivity index (χ4n) is 1.44. The summed E-state index contributed by atoms with van der Waals surface area (Å²) in [6, 6.07) is 0. The Morgan fingerprint density at radius 3 is 2.35 bits per heavy atom. The van der Waals surface area contributed by atoms with Gasteiger partial charge in [0, 0.05) is 19.1 Å². The molecule has 0 atom stereocenters. The van der Waals surface area contributed by atoms with Gasteiger partial charge in [-0.25, -0.2) is 0 Å². The molecular formula is C12H22N6O2. The van der Waals surface area contributed by atoms with Crippen molar-refractivity contribution >= 4 is 23.8 Å². The van der Waals surface area contributed by atoms with Crippen molar-refractivity contribution < 1.29 is 9.90 Å². The molecule has 0 radical (unpaired) electrons. The van der Waals surface area contributed by atoms with Gasteiger partial charge in [-0.15, -0.1) is 0 Å². The molecule has 1 heterocycles. The van der Waals surface area contributed by atoms with E-state index in [0.717, 1.165) is 0 Å². The maximum Gasteiger partial charge on any atom is 0.323 e. The highest BCUT2D eigenvalue weighted by Gasteiger charge is 2.16. The Bertz CT molecular complexity index is 472. The van der Waals surface area contributed by atoms with E-state index in [-0.39, 0.29) is 12.1 Å². The van der Waals surface area contributed by atoms with Crippen molar-refractivity contribution in [1.29, 1.82) is 0 Å². The SMILES string of the molecule is CCNc1nc(NC(C)(C)C)nc(N(C)CC(=O)O)n1. The van der Waals surface area contributed by atoms with Gasteiger partial charge in [-0.1, -0.05) is 0 Å². The number of rotatable bonds is 6. The summed E-state index contributed by atoms with van der Waals surface area (Å²) in [6.45, 7) is 8.39. The third-order valence-corrected chi connectivity index (χ3v) is 2.16. The van der Waals surface area contributed by atoms with Crippen LogP contribution in [0.2, 0.25) is 0 Å². The van der Waals surface area contributed by atoms with Crippen molar-refractivity contribution in [3.8, 4) is 0 Å². The summed E-state index contributed by atoms with van der Waals surface area (Å²) in [5, 5.41) is 15.0. The van der Waals surface area contributed by atoms with E-state index in [2.05, 4.69) is 25.6 Å². The summed E-state index contributed by atoms with van der Waals surface area (Å²) in [5.74, 6) is 0.200. The van der Waals surface area contributed by atoms with Gasteiger partial charge in [-0.2, -0.15) is 15.0 Å². The van der Waals surface area contributed by atoms with Crippen LogP contribution in [-0.4, -0.2) is 51.7 Å². The second-order valence-corrected chi connectivity index (χ2v) is 5.44. The first-order valence-electron chi connectivity index (χ1n) is 6.42. The Morgan fingerprint density at radius 1 is 1.25 bits per heavy atom. The second kappa shape index (κ2) is 6.36. The largest absolute Gasteiger partial charge is 0.480 e. The third kappa shape index (κ3) is 5.25. The molecule has 1 aromatic rings. The number of aromatic nitrogens is 3. The van der Waals surface area contributed by atoms with Gasteiger partial charge in [0.15, 0.2) is 0 Å². The second-order valence-electron chi connectivity index (χ2n) is 5.44. The summed E-state index contributed by atoms with van der Waals surface area (Å²) in [5.41, 5.74) is -0.201. The number of hydrogen-bond donors (Lipinski definition) is 3. The molecule has 0 aliphatic heterocycles. The molecule has 1 rings (SSSR count). The van der Waals surface area contributed by atoms with E-state index >= 15 is 0 Å². The minimum absolute atomic E-state index is 0.176. The van der Waals surface area contributed by atoms with Crippen LogP contribution in [0.3, 0.4) is 0 Å². The number of nitrogens with one attached hydrogen (secondary N) is 2. The first kappa shape index (κ1) is 15.9. The Morgan fingerprint density at radius 2 is 1.85 bits per heavy atom. The zero-order valence-electron chi connectivity index (χ0n) is 12.6. The van der Waals surface area contributed by atoms with Gasteiger partial charge >= 0.3 is 5.97 Å². The maximum atomic E-state index is 10.8. The number of carbonyl (C=O) groups is 1. The topological polar surface area (TPSA) is 103 Å². The van der Waals surface area contributed by atoms with E-state index in [9.17, 15) is 4.79 Å². The molecule has 0 aliphatic carbocycles. The third-order valence-electron chi connectivity index (χ3n) is 2.16. The number of likely N-dealkylation sites (N-methyl/N-ethyl adjacent to an activating group) is 1. The molecule has 0 saturated heterocycles. The van der Waals surface area contributed by atoms with Gasteiger partial charge in [0.25, 0.3) is 0 Å². The van der Waals surface area contributed by atoms with Gasteiger partial charge in [-0.3, -0.25) is 4.79 Å². The highest BCUT2D eigenvalue weighted by molar-refractivity contribution is 5.72. The summed E-state index contributed by atoms with van der Waals surface area (Å²) in [6.07, 6.45) is 0. The maximum absolute atomic E-state index is 10.8. The van der Waals surface area contributed by atoms with Crippen molar-refractivity contribution in [2.75, 3.05) is 35.7 Å². The Kier molecular flexibility index (Phi) is 5.06. The predicted octanol–water partition coefficient (Wildman–Crippen LogP) is 1.03. The molecule has 0 bridgehead atoms. The number of aliphatic carboxylic acids is 1. The smallest absolute Gasteiger partial charge is 0.323 e. The van der Waals surface area contributed by atoms with Crippen LogP contribution in [0.25, 0.3) is 0 Å². The zero-order chi connectivity index (χ0) is 15.3. The lowest BCUT2D eigenvalue weighted by Gasteiger charge is -2.22. The van der Waals surface area contributed by atoms with Gasteiger partial charge in [0.2, 0.25) is 17.8 Å². The Balaban J connectivity index is 3.06. The Hall–Kier alpha value is -2.12. The van der Waals surface area contributed by atoms with Crippen molar-refractivity contribution in [2.45, 2.75) is 33.2 Å². The lowest BCUT2D eigenvalue weighted by atomic mass is 10.1. The van der Waals surface area contributed by atoms with E-state index in [1.807, 2.05) is 27.7 Å². The van der Waals surface area contributed by atoms with Crippen LogP contribution in [0.5, 0.6) is 0 Å². The van der Waals surface area contributed by atoms with Gasteiger partial charge < -0.3 is 20.6 Å². The minimum Gasteiger partial charge on any atom is -0.480 e. The van der Waals surface area contributed by atoms with Crippen LogP contribution in [0.1, 0.15) is 27.7 Å². The van der Waals surface area contributed by atoms with Crippen molar-refractivity contribution in [3.63, 3.8) is 0 Å². The van der Waals surface area contributed by atoms with Crippen molar-refractivity contribution in [3.05, 3.63) is 0 Å². The lowest BCUT2D eigenvalue weighted by molar-refractivity contribution is -0.135. The van der Waals surface area contributed by atoms with Crippen LogP contribution in [0.4, 0.5) is 17.8 Å².